The van der Waals surface area contributed by atoms with Crippen molar-refractivity contribution in [1.82, 2.24) is 15.3 Å². The average molecular weight is 231 g/mol. The smallest absolute Gasteiger partial charge is 0.204 e. The second-order valence-electron chi connectivity index (χ2n) is 5.08. The first-order chi connectivity index (χ1) is 8.22. The van der Waals surface area contributed by atoms with E-state index < -0.39 is 0 Å². The van der Waals surface area contributed by atoms with Gasteiger partial charge >= 0.3 is 0 Å². The number of oxazole rings is 1. The van der Waals surface area contributed by atoms with Crippen LogP contribution in [-0.4, -0.2) is 23.1 Å². The lowest BCUT2D eigenvalue weighted by Crippen LogP contribution is -2.35. The summed E-state index contributed by atoms with van der Waals surface area (Å²) in [4.78, 5) is 8.81. The molecule has 17 heavy (non-hydrogen) atoms. The molecule has 0 aromatic carbocycles. The van der Waals surface area contributed by atoms with Crippen LogP contribution in [0.25, 0.3) is 11.2 Å². The summed E-state index contributed by atoms with van der Waals surface area (Å²) in [5.41, 5.74) is 1.53. The van der Waals surface area contributed by atoms with Crippen molar-refractivity contribution in [2.45, 2.75) is 25.7 Å². The molecular weight excluding hydrogens is 214 g/mol. The van der Waals surface area contributed by atoms with Gasteiger partial charge in [-0.05, 0) is 31.0 Å². The van der Waals surface area contributed by atoms with E-state index in [1.54, 1.807) is 6.20 Å². The molecule has 1 atom stereocenters. The van der Waals surface area contributed by atoms with Gasteiger partial charge in [-0.2, -0.15) is 4.98 Å². The number of nitrogens with zero attached hydrogens (tertiary/aromatic N) is 2. The zero-order chi connectivity index (χ0) is 11.9. The summed E-state index contributed by atoms with van der Waals surface area (Å²) in [6.45, 7) is 6.44. The highest BCUT2D eigenvalue weighted by Gasteiger charge is 2.43. The zero-order valence-corrected chi connectivity index (χ0v) is 10.2. The maximum atomic E-state index is 5.90. The molecular formula is C13H17N3O. The summed E-state index contributed by atoms with van der Waals surface area (Å²) in [7, 11) is 0. The summed E-state index contributed by atoms with van der Waals surface area (Å²) in [5.74, 6) is 1.34. The number of rotatable bonds is 2. The molecule has 0 radical (unpaired) electrons. The van der Waals surface area contributed by atoms with Crippen LogP contribution in [0.3, 0.4) is 0 Å². The van der Waals surface area contributed by atoms with Gasteiger partial charge in [-0.15, -0.1) is 0 Å². The normalized spacial score (nSPS) is 24.9. The Hall–Kier alpha value is -1.42. The third-order valence-electron chi connectivity index (χ3n) is 3.88. The molecule has 1 N–H and O–H groups in total. The van der Waals surface area contributed by atoms with E-state index in [4.69, 9.17) is 4.42 Å². The largest absolute Gasteiger partial charge is 0.438 e. The van der Waals surface area contributed by atoms with Crippen molar-refractivity contribution in [2.24, 2.45) is 5.92 Å². The Morgan fingerprint density at radius 2 is 2.35 bits per heavy atom. The monoisotopic (exact) mass is 231 g/mol. The van der Waals surface area contributed by atoms with Crippen LogP contribution in [-0.2, 0) is 5.41 Å². The molecule has 2 aromatic heterocycles. The van der Waals surface area contributed by atoms with Crippen molar-refractivity contribution in [1.29, 1.82) is 0 Å². The Morgan fingerprint density at radius 3 is 3.00 bits per heavy atom. The number of hydrogen-bond acceptors (Lipinski definition) is 4. The molecule has 0 amide bonds. The SMILES string of the molecule is CC(C)C1(c2nc3ncccc3o2)CCNC1. The maximum absolute atomic E-state index is 5.90. The topological polar surface area (TPSA) is 51.0 Å². The van der Waals surface area contributed by atoms with Crippen LogP contribution >= 0.6 is 0 Å². The van der Waals surface area contributed by atoms with E-state index >= 15 is 0 Å². The first kappa shape index (κ1) is 10.7. The van der Waals surface area contributed by atoms with Crippen LogP contribution in [0.4, 0.5) is 0 Å². The molecule has 0 bridgehead atoms. The Balaban J connectivity index is 2.12. The predicted molar refractivity (Wildman–Crippen MR) is 65.8 cm³/mol. The number of nitrogens with one attached hydrogen (secondary N) is 1. The molecule has 1 aliphatic heterocycles. The second kappa shape index (κ2) is 3.81. The van der Waals surface area contributed by atoms with E-state index in [1.165, 1.54) is 0 Å². The standard InChI is InChI=1S/C13H17N3O/c1-9(2)13(5-7-14-8-13)12-16-11-10(17-12)4-3-6-15-11/h3-4,6,9,14H,5,7-8H2,1-2H3. The summed E-state index contributed by atoms with van der Waals surface area (Å²) < 4.78 is 5.90. The number of fused-ring (bicyclic) bond motifs is 1. The number of aromatic nitrogens is 2. The van der Waals surface area contributed by atoms with E-state index in [0.717, 1.165) is 36.6 Å². The van der Waals surface area contributed by atoms with Crippen LogP contribution in [0.2, 0.25) is 0 Å². The molecule has 1 unspecified atom stereocenters. The Bertz CT molecular complexity index is 493. The average Bonchev–Trinajstić information content (AvgIpc) is 2.96. The van der Waals surface area contributed by atoms with Crippen LogP contribution in [0.5, 0.6) is 0 Å². The van der Waals surface area contributed by atoms with Gasteiger partial charge in [-0.3, -0.25) is 0 Å². The minimum atomic E-state index is 0.0285. The minimum Gasteiger partial charge on any atom is -0.438 e. The summed E-state index contributed by atoms with van der Waals surface area (Å²) in [6, 6.07) is 3.81. The van der Waals surface area contributed by atoms with Crippen LogP contribution in [0, 0.1) is 5.92 Å². The summed E-state index contributed by atoms with van der Waals surface area (Å²) in [5, 5.41) is 3.42. The number of hydrogen-bond donors (Lipinski definition) is 1. The van der Waals surface area contributed by atoms with Gasteiger partial charge in [0.1, 0.15) is 0 Å². The molecule has 4 heteroatoms. The number of pyridine rings is 1. The molecule has 3 heterocycles. The van der Waals surface area contributed by atoms with Crippen molar-refractivity contribution in [3.63, 3.8) is 0 Å². The molecule has 4 nitrogen and oxygen atoms in total. The summed E-state index contributed by atoms with van der Waals surface area (Å²) >= 11 is 0. The lowest BCUT2D eigenvalue weighted by Gasteiger charge is -2.28. The van der Waals surface area contributed by atoms with Crippen molar-refractivity contribution < 1.29 is 4.42 Å². The lowest BCUT2D eigenvalue weighted by atomic mass is 9.76. The first-order valence-corrected chi connectivity index (χ1v) is 6.15. The molecule has 0 aliphatic carbocycles. The molecule has 1 aliphatic rings. The van der Waals surface area contributed by atoms with Gasteiger partial charge in [0.15, 0.2) is 11.2 Å². The van der Waals surface area contributed by atoms with E-state index in [1.807, 2.05) is 12.1 Å². The van der Waals surface area contributed by atoms with E-state index in [0.29, 0.717) is 5.92 Å². The second-order valence-corrected chi connectivity index (χ2v) is 5.08. The third-order valence-corrected chi connectivity index (χ3v) is 3.88. The van der Waals surface area contributed by atoms with Gasteiger partial charge < -0.3 is 9.73 Å². The molecule has 1 fully saturated rings. The quantitative estimate of drug-likeness (QED) is 0.860. The van der Waals surface area contributed by atoms with E-state index in [-0.39, 0.29) is 5.41 Å². The van der Waals surface area contributed by atoms with Gasteiger partial charge in [0.2, 0.25) is 5.89 Å². The fourth-order valence-electron chi connectivity index (χ4n) is 2.62. The molecule has 3 rings (SSSR count). The molecule has 2 aromatic rings. The van der Waals surface area contributed by atoms with Gasteiger partial charge in [0, 0.05) is 12.7 Å². The maximum Gasteiger partial charge on any atom is 0.204 e. The molecule has 0 spiro atoms. The highest BCUT2D eigenvalue weighted by molar-refractivity contribution is 5.67. The summed E-state index contributed by atoms with van der Waals surface area (Å²) in [6.07, 6.45) is 2.83. The van der Waals surface area contributed by atoms with Crippen LogP contribution in [0.1, 0.15) is 26.2 Å². The molecule has 0 saturated carbocycles. The van der Waals surface area contributed by atoms with Gasteiger partial charge in [-0.1, -0.05) is 13.8 Å². The first-order valence-electron chi connectivity index (χ1n) is 6.15. The molecule has 1 saturated heterocycles. The lowest BCUT2D eigenvalue weighted by molar-refractivity contribution is 0.269. The molecule has 90 valence electrons. The fraction of sp³-hybridized carbons (Fsp3) is 0.538. The van der Waals surface area contributed by atoms with Crippen LogP contribution in [0.15, 0.2) is 22.7 Å². The van der Waals surface area contributed by atoms with Gasteiger partial charge in [0.05, 0.1) is 5.41 Å². The van der Waals surface area contributed by atoms with Gasteiger partial charge in [-0.25, -0.2) is 4.98 Å². The van der Waals surface area contributed by atoms with Crippen molar-refractivity contribution >= 4 is 11.2 Å². The minimum absolute atomic E-state index is 0.0285. The highest BCUT2D eigenvalue weighted by Crippen LogP contribution is 2.38. The fourth-order valence-corrected chi connectivity index (χ4v) is 2.62. The zero-order valence-electron chi connectivity index (χ0n) is 10.2. The van der Waals surface area contributed by atoms with Crippen molar-refractivity contribution in [3.8, 4) is 0 Å². The predicted octanol–water partition coefficient (Wildman–Crippen LogP) is 2.11. The third kappa shape index (κ3) is 1.55. The van der Waals surface area contributed by atoms with Crippen LogP contribution < -0.4 is 5.32 Å². The highest BCUT2D eigenvalue weighted by atomic mass is 16.4. The Labute approximate surface area is 100 Å². The van der Waals surface area contributed by atoms with Crippen molar-refractivity contribution in [2.75, 3.05) is 13.1 Å². The van der Waals surface area contributed by atoms with E-state index in [2.05, 4.69) is 29.1 Å². The Morgan fingerprint density at radius 1 is 1.47 bits per heavy atom. The van der Waals surface area contributed by atoms with Crippen molar-refractivity contribution in [3.05, 3.63) is 24.2 Å². The van der Waals surface area contributed by atoms with Gasteiger partial charge in [0.25, 0.3) is 0 Å². The van der Waals surface area contributed by atoms with E-state index in [9.17, 15) is 0 Å². The Kier molecular flexibility index (Phi) is 2.40.